The van der Waals surface area contributed by atoms with Gasteiger partial charge in [0, 0.05) is 17.2 Å². The van der Waals surface area contributed by atoms with Crippen LogP contribution in [0.25, 0.3) is 0 Å². The number of aryl methyl sites for hydroxylation is 1. The van der Waals surface area contributed by atoms with Gasteiger partial charge in [0.25, 0.3) is 0 Å². The number of ether oxygens (including phenoxy) is 2. The Kier molecular flexibility index (Phi) is 5.26. The van der Waals surface area contributed by atoms with Crippen molar-refractivity contribution in [1.82, 2.24) is 0 Å². The lowest BCUT2D eigenvalue weighted by atomic mass is 9.93. The summed E-state index contributed by atoms with van der Waals surface area (Å²) in [4.78, 5) is 0. The molecule has 26 heavy (non-hydrogen) atoms. The number of allylic oxidation sites excluding steroid dienone is 1. The fraction of sp³-hybridized carbons (Fsp3) is 0.333. The van der Waals surface area contributed by atoms with Gasteiger partial charge in [-0.05, 0) is 61.9 Å². The van der Waals surface area contributed by atoms with Crippen LogP contribution in [0.2, 0.25) is 0 Å². The molecule has 2 aromatic rings. The van der Waals surface area contributed by atoms with Crippen LogP contribution < -0.4 is 9.47 Å². The van der Waals surface area contributed by atoms with Crippen molar-refractivity contribution in [2.75, 3.05) is 7.11 Å². The lowest BCUT2D eigenvalue weighted by Crippen LogP contribution is -2.17. The van der Waals surface area contributed by atoms with Gasteiger partial charge < -0.3 is 24.8 Å². The van der Waals surface area contributed by atoms with E-state index in [1.165, 1.54) is 6.07 Å². The van der Waals surface area contributed by atoms with Crippen LogP contribution in [0.4, 0.5) is 0 Å². The number of rotatable bonds is 5. The third-order valence-corrected chi connectivity index (χ3v) is 4.81. The summed E-state index contributed by atoms with van der Waals surface area (Å²) >= 11 is 0. The highest BCUT2D eigenvalue weighted by Gasteiger charge is 2.27. The maximum atomic E-state index is 10.2. The van der Waals surface area contributed by atoms with E-state index in [1.807, 2.05) is 19.1 Å². The molecular formula is C21H24O5. The number of methoxy groups -OCH3 is 1. The lowest BCUT2D eigenvalue weighted by Gasteiger charge is -2.29. The zero-order valence-corrected chi connectivity index (χ0v) is 15.0. The maximum absolute atomic E-state index is 10.2. The standard InChI is InChI=1S/C21H24O5/c1-13(12-22)3-7-17-19(25-2)9-4-14-5-10-20(26-21(14)17)16-8-6-15(23)11-18(16)24/h4,6,8-9,11-12,20,22-24H,3,5,7,10H2,1-2H3/b13-12+/t20-/m0/s1. The van der Waals surface area contributed by atoms with Gasteiger partial charge >= 0.3 is 0 Å². The van der Waals surface area contributed by atoms with Crippen molar-refractivity contribution in [3.05, 3.63) is 58.9 Å². The molecule has 1 aliphatic heterocycles. The molecule has 1 aliphatic rings. The zero-order valence-electron chi connectivity index (χ0n) is 15.0. The van der Waals surface area contributed by atoms with Crippen molar-refractivity contribution in [1.29, 1.82) is 0 Å². The monoisotopic (exact) mass is 356 g/mol. The van der Waals surface area contributed by atoms with E-state index in [1.54, 1.807) is 19.2 Å². The molecule has 0 aliphatic carbocycles. The van der Waals surface area contributed by atoms with Gasteiger partial charge in [-0.1, -0.05) is 6.07 Å². The molecule has 0 spiro atoms. The van der Waals surface area contributed by atoms with E-state index in [2.05, 4.69) is 0 Å². The summed E-state index contributed by atoms with van der Waals surface area (Å²) in [5.74, 6) is 1.60. The molecule has 0 bridgehead atoms. The van der Waals surface area contributed by atoms with Crippen LogP contribution in [-0.4, -0.2) is 22.4 Å². The number of aromatic hydroxyl groups is 2. The molecule has 5 nitrogen and oxygen atoms in total. The smallest absolute Gasteiger partial charge is 0.130 e. The van der Waals surface area contributed by atoms with Crippen LogP contribution >= 0.6 is 0 Å². The number of phenolic OH excluding ortho intramolecular Hbond substituents is 2. The third kappa shape index (κ3) is 3.57. The van der Waals surface area contributed by atoms with E-state index in [9.17, 15) is 10.2 Å². The fourth-order valence-electron chi connectivity index (χ4n) is 3.33. The predicted octanol–water partition coefficient (Wildman–Crippen LogP) is 4.57. The number of benzene rings is 2. The van der Waals surface area contributed by atoms with Crippen LogP contribution in [0, 0.1) is 0 Å². The van der Waals surface area contributed by atoms with Crippen LogP contribution in [0.5, 0.6) is 23.0 Å². The van der Waals surface area contributed by atoms with Crippen molar-refractivity contribution in [3.63, 3.8) is 0 Å². The number of aliphatic hydroxyl groups excluding tert-OH is 1. The van der Waals surface area contributed by atoms with Gasteiger partial charge in [0.2, 0.25) is 0 Å². The number of fused-ring (bicyclic) bond motifs is 1. The molecule has 1 atom stereocenters. The molecule has 138 valence electrons. The van der Waals surface area contributed by atoms with Gasteiger partial charge in [-0.3, -0.25) is 0 Å². The molecule has 1 heterocycles. The lowest BCUT2D eigenvalue weighted by molar-refractivity contribution is 0.170. The SMILES string of the molecule is COc1ccc2c(c1CC/C(C)=C/O)O[C@H](c1ccc(O)cc1O)CC2. The summed E-state index contributed by atoms with van der Waals surface area (Å²) < 4.78 is 11.8. The summed E-state index contributed by atoms with van der Waals surface area (Å²) in [7, 11) is 1.63. The van der Waals surface area contributed by atoms with Crippen molar-refractivity contribution in [3.8, 4) is 23.0 Å². The number of aliphatic hydroxyl groups is 1. The molecule has 0 unspecified atom stereocenters. The number of phenols is 2. The van der Waals surface area contributed by atoms with E-state index in [0.717, 1.165) is 47.3 Å². The molecule has 0 amide bonds. The molecule has 0 saturated heterocycles. The Morgan fingerprint density at radius 2 is 2.08 bits per heavy atom. The van der Waals surface area contributed by atoms with Crippen molar-refractivity contribution >= 4 is 0 Å². The topological polar surface area (TPSA) is 79.2 Å². The summed E-state index contributed by atoms with van der Waals surface area (Å²) in [6.07, 6.45) is 3.79. The summed E-state index contributed by atoms with van der Waals surface area (Å²) in [6.45, 7) is 1.88. The van der Waals surface area contributed by atoms with Gasteiger partial charge in [0.15, 0.2) is 0 Å². The second-order valence-electron chi connectivity index (χ2n) is 6.60. The van der Waals surface area contributed by atoms with Gasteiger partial charge in [-0.2, -0.15) is 0 Å². The third-order valence-electron chi connectivity index (χ3n) is 4.81. The van der Waals surface area contributed by atoms with Gasteiger partial charge in [0.05, 0.1) is 13.4 Å². The highest BCUT2D eigenvalue weighted by atomic mass is 16.5. The molecule has 3 rings (SSSR count). The molecular weight excluding hydrogens is 332 g/mol. The first-order valence-corrected chi connectivity index (χ1v) is 8.70. The molecule has 0 aromatic heterocycles. The highest BCUT2D eigenvalue weighted by Crippen LogP contribution is 2.43. The largest absolute Gasteiger partial charge is 0.516 e. The normalized spacial score (nSPS) is 16.7. The molecule has 0 radical (unpaired) electrons. The van der Waals surface area contributed by atoms with Crippen molar-refractivity contribution in [2.24, 2.45) is 0 Å². The van der Waals surface area contributed by atoms with Crippen LogP contribution in [0.15, 0.2) is 42.2 Å². The van der Waals surface area contributed by atoms with Crippen molar-refractivity contribution < 1.29 is 24.8 Å². The molecule has 0 fully saturated rings. The van der Waals surface area contributed by atoms with E-state index >= 15 is 0 Å². The fourth-order valence-corrected chi connectivity index (χ4v) is 3.33. The Balaban J connectivity index is 1.95. The predicted molar refractivity (Wildman–Crippen MR) is 99.2 cm³/mol. The van der Waals surface area contributed by atoms with Gasteiger partial charge in [-0.15, -0.1) is 0 Å². The van der Waals surface area contributed by atoms with Crippen LogP contribution in [-0.2, 0) is 12.8 Å². The van der Waals surface area contributed by atoms with Crippen molar-refractivity contribution in [2.45, 2.75) is 38.7 Å². The Morgan fingerprint density at radius 1 is 1.27 bits per heavy atom. The first-order valence-electron chi connectivity index (χ1n) is 8.70. The van der Waals surface area contributed by atoms with Gasteiger partial charge in [-0.25, -0.2) is 0 Å². The molecule has 2 aromatic carbocycles. The van der Waals surface area contributed by atoms with E-state index in [-0.39, 0.29) is 17.6 Å². The van der Waals surface area contributed by atoms with Gasteiger partial charge in [0.1, 0.15) is 29.1 Å². The maximum Gasteiger partial charge on any atom is 0.130 e. The number of hydrogen-bond donors (Lipinski definition) is 3. The average Bonchev–Trinajstić information content (AvgIpc) is 2.65. The summed E-state index contributed by atoms with van der Waals surface area (Å²) in [6, 6.07) is 8.54. The van der Waals surface area contributed by atoms with E-state index in [0.29, 0.717) is 18.4 Å². The zero-order chi connectivity index (χ0) is 18.7. The summed E-state index contributed by atoms with van der Waals surface area (Å²) in [5, 5.41) is 28.8. The van der Waals surface area contributed by atoms with E-state index in [4.69, 9.17) is 14.6 Å². The second-order valence-corrected chi connectivity index (χ2v) is 6.60. The minimum absolute atomic E-state index is 0.0242. The Hall–Kier alpha value is -2.82. The minimum atomic E-state index is -0.288. The molecule has 3 N–H and O–H groups in total. The Labute approximate surface area is 153 Å². The minimum Gasteiger partial charge on any atom is -0.516 e. The Bertz CT molecular complexity index is 825. The summed E-state index contributed by atoms with van der Waals surface area (Å²) in [5.41, 5.74) is 3.62. The first-order chi connectivity index (χ1) is 12.5. The first kappa shape index (κ1) is 18.0. The quantitative estimate of drug-likeness (QED) is 0.684. The van der Waals surface area contributed by atoms with E-state index < -0.39 is 0 Å². The Morgan fingerprint density at radius 3 is 2.77 bits per heavy atom. The van der Waals surface area contributed by atoms with Crippen LogP contribution in [0.3, 0.4) is 0 Å². The highest BCUT2D eigenvalue weighted by molar-refractivity contribution is 5.52. The second kappa shape index (κ2) is 7.60. The average molecular weight is 356 g/mol. The molecule has 0 saturated carbocycles. The van der Waals surface area contributed by atoms with Crippen LogP contribution in [0.1, 0.15) is 42.6 Å². The number of hydrogen-bond acceptors (Lipinski definition) is 5. The molecule has 5 heteroatoms.